The second-order valence-electron chi connectivity index (χ2n) is 5.20. The van der Waals surface area contributed by atoms with E-state index in [4.69, 9.17) is 14.9 Å². The van der Waals surface area contributed by atoms with Crippen molar-refractivity contribution in [2.24, 2.45) is 0 Å². The van der Waals surface area contributed by atoms with E-state index >= 15 is 0 Å². The summed E-state index contributed by atoms with van der Waals surface area (Å²) in [5.41, 5.74) is 6.90. The van der Waals surface area contributed by atoms with Gasteiger partial charge < -0.3 is 19.8 Å². The molecule has 1 fully saturated rings. The summed E-state index contributed by atoms with van der Waals surface area (Å²) in [4.78, 5) is 14.6. The maximum Gasteiger partial charge on any atom is 0.254 e. The monoisotopic (exact) mass is 286 g/mol. The van der Waals surface area contributed by atoms with Crippen molar-refractivity contribution in [1.29, 1.82) is 0 Å². The highest BCUT2D eigenvalue weighted by atomic mass is 16.5. The Labute approximate surface area is 123 Å². The molecule has 0 saturated heterocycles. The Morgan fingerprint density at radius 1 is 1.43 bits per heavy atom. The molecule has 1 saturated carbocycles. The molecule has 2 N–H and O–H groups in total. The number of furan rings is 1. The van der Waals surface area contributed by atoms with Crippen molar-refractivity contribution in [3.8, 4) is 5.75 Å². The highest BCUT2D eigenvalue weighted by Gasteiger charge is 2.33. The summed E-state index contributed by atoms with van der Waals surface area (Å²) in [7, 11) is 1.54. The molecule has 1 aliphatic rings. The first-order chi connectivity index (χ1) is 10.2. The van der Waals surface area contributed by atoms with E-state index in [9.17, 15) is 4.79 Å². The zero-order chi connectivity index (χ0) is 14.8. The minimum absolute atomic E-state index is 0.0211. The number of amides is 1. The molecule has 0 atom stereocenters. The Hall–Kier alpha value is -2.43. The Morgan fingerprint density at radius 3 is 2.86 bits per heavy atom. The molecule has 1 aromatic heterocycles. The Kier molecular flexibility index (Phi) is 3.56. The number of rotatable bonds is 5. The maximum absolute atomic E-state index is 12.7. The van der Waals surface area contributed by atoms with Gasteiger partial charge in [0.25, 0.3) is 5.91 Å². The van der Waals surface area contributed by atoms with Crippen LogP contribution in [0.5, 0.6) is 5.75 Å². The Morgan fingerprint density at radius 2 is 2.24 bits per heavy atom. The van der Waals surface area contributed by atoms with Crippen LogP contribution in [0.15, 0.2) is 41.0 Å². The SMILES string of the molecule is COc1cc(C(=O)N(Cc2ccco2)C2CC2)ccc1N. The van der Waals surface area contributed by atoms with Gasteiger partial charge >= 0.3 is 0 Å². The standard InChI is InChI=1S/C16H18N2O3/c1-20-15-9-11(4-7-14(15)17)16(19)18(12-5-6-12)10-13-3-2-8-21-13/h2-4,7-9,12H,5-6,10,17H2,1H3. The lowest BCUT2D eigenvalue weighted by atomic mass is 10.1. The van der Waals surface area contributed by atoms with Crippen LogP contribution in [-0.2, 0) is 6.54 Å². The van der Waals surface area contributed by atoms with Gasteiger partial charge in [0, 0.05) is 11.6 Å². The molecule has 0 unspecified atom stereocenters. The number of nitrogens with two attached hydrogens (primary N) is 1. The molecule has 2 aromatic rings. The van der Waals surface area contributed by atoms with Crippen LogP contribution in [0.3, 0.4) is 0 Å². The molecular weight excluding hydrogens is 268 g/mol. The fourth-order valence-corrected chi connectivity index (χ4v) is 2.33. The van der Waals surface area contributed by atoms with Gasteiger partial charge in [-0.2, -0.15) is 0 Å². The molecule has 1 amide bonds. The van der Waals surface area contributed by atoms with Gasteiger partial charge in [-0.05, 0) is 43.2 Å². The number of nitrogens with zero attached hydrogens (tertiary/aromatic N) is 1. The number of carbonyl (C=O) groups is 1. The van der Waals surface area contributed by atoms with Crippen molar-refractivity contribution in [3.05, 3.63) is 47.9 Å². The molecule has 1 aliphatic carbocycles. The first-order valence-corrected chi connectivity index (χ1v) is 6.96. The second kappa shape index (κ2) is 5.52. The van der Waals surface area contributed by atoms with E-state index in [-0.39, 0.29) is 5.91 Å². The predicted octanol–water partition coefficient (Wildman–Crippen LogP) is 2.68. The van der Waals surface area contributed by atoms with Gasteiger partial charge in [0.05, 0.1) is 25.6 Å². The lowest BCUT2D eigenvalue weighted by Crippen LogP contribution is -2.32. The molecule has 0 spiro atoms. The van der Waals surface area contributed by atoms with Crippen LogP contribution in [-0.4, -0.2) is 24.0 Å². The summed E-state index contributed by atoms with van der Waals surface area (Å²) >= 11 is 0. The lowest BCUT2D eigenvalue weighted by molar-refractivity contribution is 0.0717. The van der Waals surface area contributed by atoms with E-state index in [1.165, 1.54) is 0 Å². The number of methoxy groups -OCH3 is 1. The smallest absolute Gasteiger partial charge is 0.254 e. The van der Waals surface area contributed by atoms with E-state index in [0.29, 0.717) is 29.6 Å². The molecule has 5 heteroatoms. The molecule has 0 bridgehead atoms. The minimum Gasteiger partial charge on any atom is -0.495 e. The normalized spacial score (nSPS) is 14.0. The summed E-state index contributed by atoms with van der Waals surface area (Å²) < 4.78 is 10.5. The summed E-state index contributed by atoms with van der Waals surface area (Å²) in [6.45, 7) is 0.489. The molecule has 1 heterocycles. The Bertz CT molecular complexity index is 633. The zero-order valence-corrected chi connectivity index (χ0v) is 11.9. The average molecular weight is 286 g/mol. The number of nitrogen functional groups attached to an aromatic ring is 1. The summed E-state index contributed by atoms with van der Waals surface area (Å²) in [5, 5.41) is 0. The number of benzene rings is 1. The lowest BCUT2D eigenvalue weighted by Gasteiger charge is -2.21. The summed E-state index contributed by atoms with van der Waals surface area (Å²) in [6, 6.07) is 9.13. The number of anilines is 1. The van der Waals surface area contributed by atoms with E-state index in [0.717, 1.165) is 18.6 Å². The number of ether oxygens (including phenoxy) is 1. The fraction of sp³-hybridized carbons (Fsp3) is 0.312. The summed E-state index contributed by atoms with van der Waals surface area (Å²) in [5.74, 6) is 1.29. The van der Waals surface area contributed by atoms with E-state index in [2.05, 4.69) is 0 Å². The van der Waals surface area contributed by atoms with Gasteiger partial charge in [-0.3, -0.25) is 4.79 Å². The molecule has 3 rings (SSSR count). The van der Waals surface area contributed by atoms with Crippen LogP contribution >= 0.6 is 0 Å². The van der Waals surface area contributed by atoms with Crippen LogP contribution in [0, 0.1) is 0 Å². The van der Waals surface area contributed by atoms with Crippen LogP contribution in [0.25, 0.3) is 0 Å². The van der Waals surface area contributed by atoms with Gasteiger partial charge in [0.2, 0.25) is 0 Å². The second-order valence-corrected chi connectivity index (χ2v) is 5.20. The van der Waals surface area contributed by atoms with Gasteiger partial charge in [-0.1, -0.05) is 0 Å². The maximum atomic E-state index is 12.7. The highest BCUT2D eigenvalue weighted by molar-refractivity contribution is 5.95. The molecule has 0 radical (unpaired) electrons. The van der Waals surface area contributed by atoms with Crippen LogP contribution in [0.4, 0.5) is 5.69 Å². The number of carbonyl (C=O) groups excluding carboxylic acids is 1. The van der Waals surface area contributed by atoms with E-state index in [1.54, 1.807) is 31.6 Å². The topological polar surface area (TPSA) is 68.7 Å². The molecule has 110 valence electrons. The first kappa shape index (κ1) is 13.5. The van der Waals surface area contributed by atoms with Crippen LogP contribution < -0.4 is 10.5 Å². The van der Waals surface area contributed by atoms with Crippen LogP contribution in [0.2, 0.25) is 0 Å². The predicted molar refractivity (Wildman–Crippen MR) is 79.0 cm³/mol. The van der Waals surface area contributed by atoms with E-state index < -0.39 is 0 Å². The quantitative estimate of drug-likeness (QED) is 0.858. The van der Waals surface area contributed by atoms with Gasteiger partial charge in [-0.15, -0.1) is 0 Å². The highest BCUT2D eigenvalue weighted by Crippen LogP contribution is 2.31. The van der Waals surface area contributed by atoms with Gasteiger partial charge in [0.1, 0.15) is 11.5 Å². The third kappa shape index (κ3) is 2.86. The van der Waals surface area contributed by atoms with Crippen molar-refractivity contribution < 1.29 is 13.9 Å². The number of hydrogen-bond donors (Lipinski definition) is 1. The van der Waals surface area contributed by atoms with Gasteiger partial charge in [-0.25, -0.2) is 0 Å². The Balaban J connectivity index is 1.84. The van der Waals surface area contributed by atoms with Crippen molar-refractivity contribution in [2.45, 2.75) is 25.4 Å². The van der Waals surface area contributed by atoms with Crippen molar-refractivity contribution in [2.75, 3.05) is 12.8 Å². The largest absolute Gasteiger partial charge is 0.495 e. The number of hydrogen-bond acceptors (Lipinski definition) is 4. The first-order valence-electron chi connectivity index (χ1n) is 6.96. The van der Waals surface area contributed by atoms with Crippen molar-refractivity contribution in [1.82, 2.24) is 4.90 Å². The van der Waals surface area contributed by atoms with Crippen LogP contribution in [0.1, 0.15) is 29.0 Å². The molecule has 21 heavy (non-hydrogen) atoms. The summed E-state index contributed by atoms with van der Waals surface area (Å²) in [6.07, 6.45) is 3.70. The molecular formula is C16H18N2O3. The van der Waals surface area contributed by atoms with Crippen molar-refractivity contribution >= 4 is 11.6 Å². The minimum atomic E-state index is -0.0211. The zero-order valence-electron chi connectivity index (χ0n) is 11.9. The third-order valence-corrected chi connectivity index (χ3v) is 3.64. The molecule has 0 aliphatic heterocycles. The van der Waals surface area contributed by atoms with Crippen molar-refractivity contribution in [3.63, 3.8) is 0 Å². The third-order valence-electron chi connectivity index (χ3n) is 3.64. The average Bonchev–Trinajstić information content (AvgIpc) is 3.21. The fourth-order valence-electron chi connectivity index (χ4n) is 2.33. The molecule has 5 nitrogen and oxygen atoms in total. The molecule has 1 aromatic carbocycles. The van der Waals surface area contributed by atoms with E-state index in [1.807, 2.05) is 17.0 Å². The van der Waals surface area contributed by atoms with Gasteiger partial charge in [0.15, 0.2) is 0 Å².